The highest BCUT2D eigenvalue weighted by Gasteiger charge is 2.16. The molecule has 0 atom stereocenters. The average molecular weight is 589 g/mol. The number of aromatic nitrogens is 1. The molecule has 0 unspecified atom stereocenters. The Morgan fingerprint density at radius 3 is 2.25 bits per heavy atom. The van der Waals surface area contributed by atoms with Crippen LogP contribution in [0, 0.1) is 0 Å². The number of para-hydroxylation sites is 2. The molecule has 1 aromatic heterocycles. The van der Waals surface area contributed by atoms with E-state index in [1.165, 1.54) is 21.9 Å². The monoisotopic (exact) mass is 588 g/mol. The zero-order valence-corrected chi connectivity index (χ0v) is 25.8. The number of nitrogens with zero attached hydrogens (tertiary/aromatic N) is 2. The minimum Gasteiger partial charge on any atom is -0.507 e. The van der Waals surface area contributed by atoms with Crippen LogP contribution >= 0.6 is 11.3 Å². The van der Waals surface area contributed by atoms with E-state index in [0.717, 1.165) is 43.2 Å². The average Bonchev–Trinajstić information content (AvgIpc) is 3.48. The van der Waals surface area contributed by atoms with Crippen molar-refractivity contribution in [1.82, 2.24) is 4.98 Å². The fourth-order valence-corrected chi connectivity index (χ4v) is 6.59. The van der Waals surface area contributed by atoms with Crippen LogP contribution in [0.2, 0.25) is 0 Å². The molecule has 7 rings (SSSR count). The molecule has 0 fully saturated rings. The molecule has 0 amide bonds. The van der Waals surface area contributed by atoms with Crippen molar-refractivity contribution >= 4 is 44.2 Å². The molecular weight excluding hydrogens is 557 g/mol. The van der Waals surface area contributed by atoms with Crippen molar-refractivity contribution in [3.63, 3.8) is 0 Å². The molecule has 214 valence electrons. The van der Waals surface area contributed by atoms with Gasteiger partial charge in [0, 0.05) is 22.9 Å². The minimum atomic E-state index is -0.0259. The third-order valence-corrected chi connectivity index (χ3v) is 9.10. The van der Waals surface area contributed by atoms with Gasteiger partial charge in [-0.1, -0.05) is 106 Å². The molecule has 7 aromatic rings. The van der Waals surface area contributed by atoms with Gasteiger partial charge in [-0.2, -0.15) is 0 Å². The zero-order valence-electron chi connectivity index (χ0n) is 25.0. The summed E-state index contributed by atoms with van der Waals surface area (Å²) in [7, 11) is 0. The lowest BCUT2D eigenvalue weighted by atomic mass is 9.86. The van der Waals surface area contributed by atoms with E-state index in [2.05, 4.69) is 112 Å². The summed E-state index contributed by atoms with van der Waals surface area (Å²) in [6, 6.07) is 44.0. The largest absolute Gasteiger partial charge is 0.507 e. The van der Waals surface area contributed by atoms with Gasteiger partial charge in [-0.25, -0.2) is 4.98 Å². The number of hydrogen-bond donors (Lipinski definition) is 1. The van der Waals surface area contributed by atoms with Gasteiger partial charge in [0.2, 0.25) is 0 Å². The summed E-state index contributed by atoms with van der Waals surface area (Å²) in [5.41, 5.74) is 9.20. The molecule has 0 saturated carbocycles. The maximum atomic E-state index is 10.5. The van der Waals surface area contributed by atoms with E-state index < -0.39 is 0 Å². The summed E-state index contributed by atoms with van der Waals surface area (Å²) >= 11 is 1.67. The summed E-state index contributed by atoms with van der Waals surface area (Å²) in [5, 5.41) is 13.9. The van der Waals surface area contributed by atoms with E-state index >= 15 is 0 Å². The normalized spacial score (nSPS) is 12.0. The van der Waals surface area contributed by atoms with E-state index in [0.29, 0.717) is 5.56 Å². The van der Waals surface area contributed by atoms with Gasteiger partial charge < -0.3 is 5.11 Å². The molecule has 3 nitrogen and oxygen atoms in total. The molecule has 44 heavy (non-hydrogen) atoms. The second kappa shape index (κ2) is 11.2. The van der Waals surface area contributed by atoms with Crippen LogP contribution in [0.1, 0.15) is 31.9 Å². The Morgan fingerprint density at radius 1 is 0.659 bits per heavy atom. The highest BCUT2D eigenvalue weighted by molar-refractivity contribution is 7.21. The second-order valence-electron chi connectivity index (χ2n) is 12.1. The van der Waals surface area contributed by atoms with Crippen LogP contribution in [0.4, 0.5) is 5.69 Å². The van der Waals surface area contributed by atoms with Gasteiger partial charge in [-0.15, -0.1) is 11.3 Å². The predicted octanol–water partition coefficient (Wildman–Crippen LogP) is 11.2. The van der Waals surface area contributed by atoms with E-state index in [1.54, 1.807) is 23.6 Å². The summed E-state index contributed by atoms with van der Waals surface area (Å²) < 4.78 is 1.13. The third-order valence-electron chi connectivity index (χ3n) is 8.05. The van der Waals surface area contributed by atoms with Gasteiger partial charge in [0.1, 0.15) is 10.8 Å². The Bertz CT molecular complexity index is 2180. The molecule has 0 spiro atoms. The summed E-state index contributed by atoms with van der Waals surface area (Å²) in [6.45, 7) is 6.49. The summed E-state index contributed by atoms with van der Waals surface area (Å²) in [4.78, 5) is 10.0. The number of aromatic hydroxyl groups is 1. The second-order valence-corrected chi connectivity index (χ2v) is 13.1. The first-order valence-corrected chi connectivity index (χ1v) is 15.6. The first-order valence-electron chi connectivity index (χ1n) is 14.8. The molecule has 4 heteroatoms. The Hall–Kier alpha value is -5.06. The molecule has 0 saturated heterocycles. The number of aliphatic imine (C=N–C) groups is 1. The van der Waals surface area contributed by atoms with Crippen molar-refractivity contribution in [2.24, 2.45) is 4.99 Å². The Kier molecular flexibility index (Phi) is 7.07. The molecule has 0 bridgehead atoms. The SMILES string of the molecule is CC(C)(C)c1ccc(O)c(C=Nc2ccccc2-c2nc3c(-c4cccc(-c5ccc6ccccc6c5)c4)cccc3s2)c1. The van der Waals surface area contributed by atoms with E-state index in [9.17, 15) is 5.11 Å². The van der Waals surface area contributed by atoms with Crippen molar-refractivity contribution in [2.75, 3.05) is 0 Å². The molecule has 6 aromatic carbocycles. The van der Waals surface area contributed by atoms with Crippen LogP contribution in [0.5, 0.6) is 5.75 Å². The van der Waals surface area contributed by atoms with E-state index in [1.807, 2.05) is 30.3 Å². The van der Waals surface area contributed by atoms with E-state index in [4.69, 9.17) is 9.98 Å². The van der Waals surface area contributed by atoms with Crippen molar-refractivity contribution < 1.29 is 5.11 Å². The molecular formula is C40H32N2OS. The van der Waals surface area contributed by atoms with Gasteiger partial charge in [0.25, 0.3) is 0 Å². The number of fused-ring (bicyclic) bond motifs is 2. The first-order chi connectivity index (χ1) is 21.3. The van der Waals surface area contributed by atoms with Gasteiger partial charge >= 0.3 is 0 Å². The third kappa shape index (κ3) is 5.41. The molecule has 0 aliphatic heterocycles. The van der Waals surface area contributed by atoms with Crippen LogP contribution in [-0.2, 0) is 5.41 Å². The number of rotatable bonds is 5. The fourth-order valence-electron chi connectivity index (χ4n) is 5.56. The smallest absolute Gasteiger partial charge is 0.126 e. The maximum absolute atomic E-state index is 10.5. The minimum absolute atomic E-state index is 0.0259. The first kappa shape index (κ1) is 27.8. The van der Waals surface area contributed by atoms with E-state index in [-0.39, 0.29) is 11.2 Å². The Labute approximate surface area is 261 Å². The highest BCUT2D eigenvalue weighted by Crippen LogP contribution is 2.40. The summed E-state index contributed by atoms with van der Waals surface area (Å²) in [5.74, 6) is 0.217. The highest BCUT2D eigenvalue weighted by atomic mass is 32.1. The maximum Gasteiger partial charge on any atom is 0.126 e. The van der Waals surface area contributed by atoms with Crippen LogP contribution in [0.3, 0.4) is 0 Å². The van der Waals surface area contributed by atoms with Gasteiger partial charge in [-0.05, 0) is 80.9 Å². The molecule has 1 N–H and O–H groups in total. The van der Waals surface area contributed by atoms with Gasteiger partial charge in [0.05, 0.1) is 15.9 Å². The van der Waals surface area contributed by atoms with Crippen molar-refractivity contribution in [2.45, 2.75) is 26.2 Å². The van der Waals surface area contributed by atoms with Gasteiger partial charge in [-0.3, -0.25) is 4.99 Å². The zero-order chi connectivity index (χ0) is 30.3. The molecule has 1 heterocycles. The number of phenols is 1. The molecule has 0 aliphatic carbocycles. The Balaban J connectivity index is 1.26. The number of benzene rings is 6. The van der Waals surface area contributed by atoms with Crippen LogP contribution in [0.25, 0.3) is 53.8 Å². The number of hydrogen-bond acceptors (Lipinski definition) is 4. The van der Waals surface area contributed by atoms with Crippen LogP contribution in [-0.4, -0.2) is 16.3 Å². The lowest BCUT2D eigenvalue weighted by Gasteiger charge is -2.19. The van der Waals surface area contributed by atoms with Crippen LogP contribution in [0.15, 0.2) is 132 Å². The standard InChI is InChI=1S/C40H32N2OS/c1-40(2,3)32-20-21-36(43)31(24-32)25-41-35-16-7-6-14-34(35)39-42-38-33(15-9-17-37(38)44-39)30-13-8-12-28(23-30)29-19-18-26-10-4-5-11-27(26)22-29/h4-25,43H,1-3H3. The molecule has 0 radical (unpaired) electrons. The quantitative estimate of drug-likeness (QED) is 0.203. The summed E-state index contributed by atoms with van der Waals surface area (Å²) in [6.07, 6.45) is 1.75. The fraction of sp³-hybridized carbons (Fsp3) is 0.100. The lowest BCUT2D eigenvalue weighted by Crippen LogP contribution is -2.11. The van der Waals surface area contributed by atoms with Crippen molar-refractivity contribution in [1.29, 1.82) is 0 Å². The lowest BCUT2D eigenvalue weighted by molar-refractivity contribution is 0.473. The Morgan fingerprint density at radius 2 is 1.39 bits per heavy atom. The number of thiazole rings is 1. The molecule has 0 aliphatic rings. The number of phenolic OH excluding ortho intramolecular Hbond substituents is 1. The van der Waals surface area contributed by atoms with Crippen molar-refractivity contribution in [3.8, 4) is 38.6 Å². The topological polar surface area (TPSA) is 45.5 Å². The van der Waals surface area contributed by atoms with Crippen molar-refractivity contribution in [3.05, 3.63) is 139 Å². The van der Waals surface area contributed by atoms with Crippen LogP contribution < -0.4 is 0 Å². The predicted molar refractivity (Wildman–Crippen MR) is 187 cm³/mol. The van der Waals surface area contributed by atoms with Gasteiger partial charge in [0.15, 0.2) is 0 Å².